The Kier molecular flexibility index (Phi) is 3.60. The minimum absolute atomic E-state index is 0.0485. The first-order chi connectivity index (χ1) is 9.47. The second kappa shape index (κ2) is 5.35. The maximum absolute atomic E-state index is 11.6. The van der Waals surface area contributed by atoms with Crippen molar-refractivity contribution in [3.63, 3.8) is 0 Å². The monoisotopic (exact) mass is 275 g/mol. The second-order valence-electron chi connectivity index (χ2n) is 3.92. The van der Waals surface area contributed by atoms with E-state index in [1.165, 1.54) is 18.2 Å². The molecular weight excluding hydrogens is 266 g/mol. The van der Waals surface area contributed by atoms with E-state index in [1.54, 1.807) is 6.07 Å². The lowest BCUT2D eigenvalue weighted by Gasteiger charge is -2.00. The van der Waals surface area contributed by atoms with Crippen LogP contribution in [0.25, 0.3) is 11.5 Å². The smallest absolute Gasteiger partial charge is 0.357 e. The van der Waals surface area contributed by atoms with Gasteiger partial charge in [-0.2, -0.15) is 0 Å². The number of hydrogen-bond acceptors (Lipinski definition) is 5. The molecule has 0 bridgehead atoms. The third-order valence-corrected chi connectivity index (χ3v) is 2.47. The first-order valence-electron chi connectivity index (χ1n) is 5.51. The van der Waals surface area contributed by atoms with Crippen LogP contribution in [0.3, 0.4) is 0 Å². The summed E-state index contributed by atoms with van der Waals surface area (Å²) in [6, 6.07) is 5.99. The Morgan fingerprint density at radius 1 is 1.20 bits per heavy atom. The molecule has 0 amide bonds. The van der Waals surface area contributed by atoms with Crippen LogP contribution in [0.5, 0.6) is 0 Å². The molecule has 0 aliphatic heterocycles. The highest BCUT2D eigenvalue weighted by Gasteiger charge is 2.15. The van der Waals surface area contributed by atoms with Crippen LogP contribution in [-0.4, -0.2) is 32.9 Å². The normalized spacial score (nSPS) is 10.2. The van der Waals surface area contributed by atoms with Crippen molar-refractivity contribution in [2.75, 3.05) is 0 Å². The van der Waals surface area contributed by atoms with Gasteiger partial charge in [0.1, 0.15) is 12.7 Å². The Balaban J connectivity index is 2.31. The SMILES string of the molecule is O=C(O)CC(=O)c1cccc(-c2nc(C(=O)O)co2)c1. The van der Waals surface area contributed by atoms with Crippen LogP contribution >= 0.6 is 0 Å². The summed E-state index contributed by atoms with van der Waals surface area (Å²) >= 11 is 0. The lowest BCUT2D eigenvalue weighted by Crippen LogP contribution is -2.06. The lowest BCUT2D eigenvalue weighted by molar-refractivity contribution is -0.135. The summed E-state index contributed by atoms with van der Waals surface area (Å²) in [5.74, 6) is -2.94. The van der Waals surface area contributed by atoms with Crippen LogP contribution in [0.15, 0.2) is 34.9 Å². The van der Waals surface area contributed by atoms with Crippen molar-refractivity contribution in [3.8, 4) is 11.5 Å². The van der Waals surface area contributed by atoms with Crippen molar-refractivity contribution in [1.29, 1.82) is 0 Å². The fourth-order valence-electron chi connectivity index (χ4n) is 1.57. The molecule has 2 N–H and O–H groups in total. The topological polar surface area (TPSA) is 118 Å². The van der Waals surface area contributed by atoms with Crippen LogP contribution in [0, 0.1) is 0 Å². The van der Waals surface area contributed by atoms with Gasteiger partial charge in [0.25, 0.3) is 0 Å². The van der Waals surface area contributed by atoms with Gasteiger partial charge in [0.05, 0.1) is 0 Å². The maximum atomic E-state index is 11.6. The number of rotatable bonds is 5. The van der Waals surface area contributed by atoms with Crippen molar-refractivity contribution in [2.45, 2.75) is 6.42 Å². The summed E-state index contributed by atoms with van der Waals surface area (Å²) in [5, 5.41) is 17.3. The third-order valence-electron chi connectivity index (χ3n) is 2.47. The number of carbonyl (C=O) groups is 3. The van der Waals surface area contributed by atoms with E-state index in [2.05, 4.69) is 4.98 Å². The van der Waals surface area contributed by atoms with E-state index in [0.717, 1.165) is 6.26 Å². The van der Waals surface area contributed by atoms with E-state index in [-0.39, 0.29) is 17.1 Å². The molecule has 2 aromatic rings. The van der Waals surface area contributed by atoms with Gasteiger partial charge >= 0.3 is 11.9 Å². The van der Waals surface area contributed by atoms with Gasteiger partial charge in [0.15, 0.2) is 11.5 Å². The number of oxazole rings is 1. The van der Waals surface area contributed by atoms with Crippen molar-refractivity contribution in [1.82, 2.24) is 4.98 Å². The summed E-state index contributed by atoms with van der Waals surface area (Å²) in [6.45, 7) is 0. The molecule has 1 aromatic carbocycles. The zero-order valence-electron chi connectivity index (χ0n) is 10.1. The Bertz CT molecular complexity index is 688. The standard InChI is InChI=1S/C13H9NO6/c15-10(5-11(16)17)7-2-1-3-8(4-7)12-14-9(6-20-12)13(18)19/h1-4,6H,5H2,(H,16,17)(H,18,19). The first-order valence-corrected chi connectivity index (χ1v) is 5.51. The van der Waals surface area contributed by atoms with E-state index in [0.29, 0.717) is 5.56 Å². The highest BCUT2D eigenvalue weighted by molar-refractivity contribution is 6.05. The molecule has 102 valence electrons. The molecule has 0 atom stereocenters. The predicted octanol–water partition coefficient (Wildman–Crippen LogP) is 1.70. The van der Waals surface area contributed by atoms with Gasteiger partial charge in [-0.3, -0.25) is 9.59 Å². The minimum atomic E-state index is -1.22. The molecule has 0 aliphatic rings. The Morgan fingerprint density at radius 2 is 1.95 bits per heavy atom. The molecular formula is C13H9NO6. The zero-order valence-corrected chi connectivity index (χ0v) is 10.1. The number of carboxylic acid groups (broad SMARTS) is 2. The fraction of sp³-hybridized carbons (Fsp3) is 0.0769. The van der Waals surface area contributed by atoms with E-state index in [4.69, 9.17) is 14.6 Å². The molecule has 0 fully saturated rings. The van der Waals surface area contributed by atoms with Crippen LogP contribution < -0.4 is 0 Å². The molecule has 20 heavy (non-hydrogen) atoms. The fourth-order valence-corrected chi connectivity index (χ4v) is 1.57. The number of ketones is 1. The second-order valence-corrected chi connectivity index (χ2v) is 3.92. The van der Waals surface area contributed by atoms with Gasteiger partial charge in [0, 0.05) is 11.1 Å². The van der Waals surface area contributed by atoms with Gasteiger partial charge in [0.2, 0.25) is 5.89 Å². The van der Waals surface area contributed by atoms with Gasteiger partial charge in [-0.05, 0) is 12.1 Å². The molecule has 0 aliphatic carbocycles. The zero-order chi connectivity index (χ0) is 14.7. The molecule has 0 radical (unpaired) electrons. The first kappa shape index (κ1) is 13.5. The van der Waals surface area contributed by atoms with Crippen LogP contribution in [0.2, 0.25) is 0 Å². The quantitative estimate of drug-likeness (QED) is 0.629. The molecule has 0 spiro atoms. The van der Waals surface area contributed by atoms with Gasteiger partial charge < -0.3 is 14.6 Å². The Morgan fingerprint density at radius 3 is 2.55 bits per heavy atom. The molecule has 1 aromatic heterocycles. The van der Waals surface area contributed by atoms with Crippen LogP contribution in [0.4, 0.5) is 0 Å². The summed E-state index contributed by atoms with van der Waals surface area (Å²) in [6.07, 6.45) is 0.374. The highest BCUT2D eigenvalue weighted by atomic mass is 16.4. The summed E-state index contributed by atoms with van der Waals surface area (Å²) < 4.78 is 5.01. The van der Waals surface area contributed by atoms with Crippen molar-refractivity contribution in [3.05, 3.63) is 41.8 Å². The molecule has 0 unspecified atom stereocenters. The highest BCUT2D eigenvalue weighted by Crippen LogP contribution is 2.20. The minimum Gasteiger partial charge on any atom is -0.481 e. The van der Waals surface area contributed by atoms with E-state index < -0.39 is 24.1 Å². The van der Waals surface area contributed by atoms with Crippen LogP contribution in [-0.2, 0) is 4.79 Å². The summed E-state index contributed by atoms with van der Waals surface area (Å²) in [4.78, 5) is 36.6. The molecule has 7 heteroatoms. The lowest BCUT2D eigenvalue weighted by atomic mass is 10.1. The van der Waals surface area contributed by atoms with Gasteiger partial charge in [-0.1, -0.05) is 12.1 Å². The van der Waals surface area contributed by atoms with Crippen molar-refractivity contribution in [2.24, 2.45) is 0 Å². The van der Waals surface area contributed by atoms with Crippen molar-refractivity contribution < 1.29 is 29.0 Å². The molecule has 7 nitrogen and oxygen atoms in total. The maximum Gasteiger partial charge on any atom is 0.357 e. The number of aliphatic carboxylic acids is 1. The number of Topliss-reactive ketones (excluding diaryl/α,β-unsaturated/α-hetero) is 1. The number of carbonyl (C=O) groups excluding carboxylic acids is 1. The largest absolute Gasteiger partial charge is 0.481 e. The Hall–Kier alpha value is -2.96. The average Bonchev–Trinajstić information content (AvgIpc) is 2.88. The predicted molar refractivity (Wildman–Crippen MR) is 65.5 cm³/mol. The van der Waals surface area contributed by atoms with Gasteiger partial charge in [-0.25, -0.2) is 9.78 Å². The Labute approximate surface area is 112 Å². The van der Waals surface area contributed by atoms with E-state index >= 15 is 0 Å². The summed E-state index contributed by atoms with van der Waals surface area (Å²) in [5.41, 5.74) is 0.343. The average molecular weight is 275 g/mol. The van der Waals surface area contributed by atoms with E-state index in [1.807, 2.05) is 0 Å². The number of carboxylic acids is 2. The number of hydrogen-bond donors (Lipinski definition) is 2. The molecule has 0 saturated heterocycles. The number of aromatic carboxylic acids is 1. The molecule has 0 saturated carbocycles. The number of aromatic nitrogens is 1. The molecule has 1 heterocycles. The molecule has 2 rings (SSSR count). The number of nitrogens with zero attached hydrogens (tertiary/aromatic N) is 1. The van der Waals surface area contributed by atoms with Gasteiger partial charge in [-0.15, -0.1) is 0 Å². The van der Waals surface area contributed by atoms with Crippen molar-refractivity contribution >= 4 is 17.7 Å². The van der Waals surface area contributed by atoms with E-state index in [9.17, 15) is 14.4 Å². The third kappa shape index (κ3) is 2.89. The summed E-state index contributed by atoms with van der Waals surface area (Å²) in [7, 11) is 0. The van der Waals surface area contributed by atoms with Crippen LogP contribution in [0.1, 0.15) is 27.3 Å². The number of benzene rings is 1.